The van der Waals surface area contributed by atoms with Crippen LogP contribution in [0.2, 0.25) is 0 Å². The van der Waals surface area contributed by atoms with Crippen LogP contribution in [0.15, 0.2) is 18.3 Å². The molecular formula is C8H13N3O. The first kappa shape index (κ1) is 8.96. The van der Waals surface area contributed by atoms with E-state index in [1.165, 1.54) is 0 Å². The maximum absolute atomic E-state index is 9.19. The van der Waals surface area contributed by atoms with Gasteiger partial charge in [-0.1, -0.05) is 6.07 Å². The number of hydrogen-bond acceptors (Lipinski definition) is 4. The normalized spacial score (nSPS) is 15.6. The first-order chi connectivity index (χ1) is 5.63. The number of nitrogens with zero attached hydrogens (tertiary/aromatic N) is 1. The molecule has 0 aliphatic carbocycles. The van der Waals surface area contributed by atoms with Crippen molar-refractivity contribution in [3.63, 3.8) is 0 Å². The highest BCUT2D eigenvalue weighted by Crippen LogP contribution is 2.17. The average Bonchev–Trinajstić information content (AvgIpc) is 2.04. The number of nitrogens with two attached hydrogens (primary N) is 2. The predicted molar refractivity (Wildman–Crippen MR) is 47.3 cm³/mol. The Kier molecular flexibility index (Phi) is 2.62. The number of aliphatic hydroxyl groups is 1. The van der Waals surface area contributed by atoms with Crippen LogP contribution >= 0.6 is 0 Å². The average molecular weight is 167 g/mol. The molecule has 2 atom stereocenters. The standard InChI is InChI=1S/C8H13N3O/c1-5(12)7(9)6-3-2-4-11-8(6)10/h2-5,7,12H,9H2,1H3,(H2,10,11)/t5-,7+/m0/s1. The van der Waals surface area contributed by atoms with E-state index >= 15 is 0 Å². The fourth-order valence-corrected chi connectivity index (χ4v) is 0.972. The molecule has 1 aromatic rings. The van der Waals surface area contributed by atoms with Crippen molar-refractivity contribution in [1.29, 1.82) is 0 Å². The summed E-state index contributed by atoms with van der Waals surface area (Å²) < 4.78 is 0. The molecule has 0 saturated heterocycles. The molecule has 4 heteroatoms. The second-order valence-corrected chi connectivity index (χ2v) is 2.74. The molecule has 0 spiro atoms. The van der Waals surface area contributed by atoms with Crippen molar-refractivity contribution >= 4 is 5.82 Å². The molecule has 1 aromatic heterocycles. The van der Waals surface area contributed by atoms with Gasteiger partial charge in [-0.15, -0.1) is 0 Å². The molecule has 1 rings (SSSR count). The van der Waals surface area contributed by atoms with Crippen LogP contribution < -0.4 is 11.5 Å². The van der Waals surface area contributed by atoms with Gasteiger partial charge in [-0.3, -0.25) is 0 Å². The summed E-state index contributed by atoms with van der Waals surface area (Å²) in [5, 5.41) is 9.19. The van der Waals surface area contributed by atoms with Crippen LogP contribution in [0, 0.1) is 0 Å². The monoisotopic (exact) mass is 167 g/mol. The molecule has 4 nitrogen and oxygen atoms in total. The molecule has 0 unspecified atom stereocenters. The van der Waals surface area contributed by atoms with Crippen LogP contribution in [0.25, 0.3) is 0 Å². The molecule has 0 aliphatic rings. The third-order valence-electron chi connectivity index (χ3n) is 1.75. The van der Waals surface area contributed by atoms with Crippen molar-refractivity contribution in [2.75, 3.05) is 5.73 Å². The summed E-state index contributed by atoms with van der Waals surface area (Å²) in [6.45, 7) is 1.62. The Bertz CT molecular complexity index is 262. The Morgan fingerprint density at radius 3 is 2.75 bits per heavy atom. The van der Waals surface area contributed by atoms with Crippen LogP contribution in [0.3, 0.4) is 0 Å². The number of aromatic nitrogens is 1. The van der Waals surface area contributed by atoms with Gasteiger partial charge in [0.15, 0.2) is 0 Å². The number of nitrogen functional groups attached to an aromatic ring is 1. The van der Waals surface area contributed by atoms with Crippen molar-refractivity contribution in [1.82, 2.24) is 4.98 Å². The minimum atomic E-state index is -0.614. The van der Waals surface area contributed by atoms with E-state index in [-0.39, 0.29) is 0 Å². The lowest BCUT2D eigenvalue weighted by Crippen LogP contribution is -2.24. The molecule has 0 saturated carbocycles. The Morgan fingerprint density at radius 1 is 1.58 bits per heavy atom. The van der Waals surface area contributed by atoms with E-state index in [4.69, 9.17) is 11.5 Å². The van der Waals surface area contributed by atoms with E-state index < -0.39 is 12.1 Å². The van der Waals surface area contributed by atoms with Crippen molar-refractivity contribution in [3.8, 4) is 0 Å². The molecule has 0 aromatic carbocycles. The topological polar surface area (TPSA) is 85.2 Å². The maximum Gasteiger partial charge on any atom is 0.128 e. The van der Waals surface area contributed by atoms with Crippen LogP contribution in [-0.2, 0) is 0 Å². The molecular weight excluding hydrogens is 154 g/mol. The second-order valence-electron chi connectivity index (χ2n) is 2.74. The zero-order valence-electron chi connectivity index (χ0n) is 6.94. The van der Waals surface area contributed by atoms with Gasteiger partial charge in [0.05, 0.1) is 12.1 Å². The molecule has 1 heterocycles. The fraction of sp³-hybridized carbons (Fsp3) is 0.375. The SMILES string of the molecule is C[C@H](O)[C@@H](N)c1cccnc1N. The Morgan fingerprint density at radius 2 is 2.25 bits per heavy atom. The fourth-order valence-electron chi connectivity index (χ4n) is 0.972. The van der Waals surface area contributed by atoms with Crippen LogP contribution in [-0.4, -0.2) is 16.2 Å². The summed E-state index contributed by atoms with van der Waals surface area (Å²) in [6, 6.07) is 3.05. The quantitative estimate of drug-likeness (QED) is 0.580. The second kappa shape index (κ2) is 3.51. The Hall–Kier alpha value is -1.13. The number of anilines is 1. The van der Waals surface area contributed by atoms with Gasteiger partial charge in [0.2, 0.25) is 0 Å². The van der Waals surface area contributed by atoms with Gasteiger partial charge in [-0.05, 0) is 13.0 Å². The smallest absolute Gasteiger partial charge is 0.128 e. The summed E-state index contributed by atoms with van der Waals surface area (Å²) in [6.07, 6.45) is 0.977. The van der Waals surface area contributed by atoms with Gasteiger partial charge in [-0.2, -0.15) is 0 Å². The third-order valence-corrected chi connectivity index (χ3v) is 1.75. The van der Waals surface area contributed by atoms with Crippen LogP contribution in [0.1, 0.15) is 18.5 Å². The van der Waals surface area contributed by atoms with E-state index in [9.17, 15) is 5.11 Å². The molecule has 0 fully saturated rings. The van der Waals surface area contributed by atoms with E-state index in [2.05, 4.69) is 4.98 Å². The number of aliphatic hydroxyl groups excluding tert-OH is 1. The van der Waals surface area contributed by atoms with Gasteiger partial charge in [0.25, 0.3) is 0 Å². The lowest BCUT2D eigenvalue weighted by Gasteiger charge is -2.15. The van der Waals surface area contributed by atoms with Crippen molar-refractivity contribution in [2.45, 2.75) is 19.1 Å². The van der Waals surface area contributed by atoms with Gasteiger partial charge < -0.3 is 16.6 Å². The molecule has 5 N–H and O–H groups in total. The number of pyridine rings is 1. The van der Waals surface area contributed by atoms with E-state index in [1.54, 1.807) is 25.3 Å². The maximum atomic E-state index is 9.19. The Labute approximate surface area is 71.2 Å². The van der Waals surface area contributed by atoms with E-state index in [1.807, 2.05) is 0 Å². The first-order valence-electron chi connectivity index (χ1n) is 3.77. The van der Waals surface area contributed by atoms with Gasteiger partial charge >= 0.3 is 0 Å². The Balaban J connectivity index is 2.94. The summed E-state index contributed by atoms with van der Waals surface area (Å²) in [4.78, 5) is 3.87. The van der Waals surface area contributed by atoms with Crippen LogP contribution in [0.4, 0.5) is 5.82 Å². The summed E-state index contributed by atoms with van der Waals surface area (Å²) in [7, 11) is 0. The van der Waals surface area contributed by atoms with E-state index in [0.29, 0.717) is 11.4 Å². The molecule has 66 valence electrons. The zero-order chi connectivity index (χ0) is 9.14. The largest absolute Gasteiger partial charge is 0.391 e. The minimum absolute atomic E-state index is 0.380. The number of hydrogen-bond donors (Lipinski definition) is 3. The summed E-state index contributed by atoms with van der Waals surface area (Å²) in [5.41, 5.74) is 11.9. The van der Waals surface area contributed by atoms with Crippen molar-refractivity contribution in [3.05, 3.63) is 23.9 Å². The summed E-state index contributed by atoms with van der Waals surface area (Å²) >= 11 is 0. The zero-order valence-corrected chi connectivity index (χ0v) is 6.94. The van der Waals surface area contributed by atoms with Gasteiger partial charge in [-0.25, -0.2) is 4.98 Å². The molecule has 0 radical (unpaired) electrons. The summed E-state index contributed by atoms with van der Waals surface area (Å²) in [5.74, 6) is 0.380. The van der Waals surface area contributed by atoms with Gasteiger partial charge in [0.1, 0.15) is 5.82 Å². The molecule has 0 bridgehead atoms. The highest BCUT2D eigenvalue weighted by atomic mass is 16.3. The van der Waals surface area contributed by atoms with Gasteiger partial charge in [0, 0.05) is 11.8 Å². The lowest BCUT2D eigenvalue weighted by molar-refractivity contribution is 0.164. The van der Waals surface area contributed by atoms with E-state index in [0.717, 1.165) is 0 Å². The molecule has 0 amide bonds. The minimum Gasteiger partial charge on any atom is -0.391 e. The van der Waals surface area contributed by atoms with Crippen molar-refractivity contribution in [2.24, 2.45) is 5.73 Å². The van der Waals surface area contributed by atoms with Crippen molar-refractivity contribution < 1.29 is 5.11 Å². The molecule has 12 heavy (non-hydrogen) atoms. The number of rotatable bonds is 2. The first-order valence-corrected chi connectivity index (χ1v) is 3.77. The third kappa shape index (κ3) is 1.72. The highest BCUT2D eigenvalue weighted by molar-refractivity contribution is 5.40. The highest BCUT2D eigenvalue weighted by Gasteiger charge is 2.14. The lowest BCUT2D eigenvalue weighted by atomic mass is 10.0. The van der Waals surface area contributed by atoms with Crippen LogP contribution in [0.5, 0.6) is 0 Å². The molecule has 0 aliphatic heterocycles. The predicted octanol–water partition coefficient (Wildman–Crippen LogP) is 0.0444.